The van der Waals surface area contributed by atoms with Gasteiger partial charge in [0.1, 0.15) is 5.82 Å². The van der Waals surface area contributed by atoms with E-state index in [1.54, 1.807) is 18.3 Å². The molecule has 6 nitrogen and oxygen atoms in total. The molecule has 0 unspecified atom stereocenters. The van der Waals surface area contributed by atoms with Crippen molar-refractivity contribution in [2.75, 3.05) is 6.54 Å². The van der Waals surface area contributed by atoms with E-state index >= 15 is 0 Å². The van der Waals surface area contributed by atoms with Gasteiger partial charge in [0, 0.05) is 25.4 Å². The summed E-state index contributed by atoms with van der Waals surface area (Å²) in [5.74, 6) is 1.03. The van der Waals surface area contributed by atoms with Crippen molar-refractivity contribution >= 4 is 17.2 Å². The SMILES string of the molecule is CC(=O)N1CCn2c(COCc3csc(C)n3)cnc2[C@@H]1C. The summed E-state index contributed by atoms with van der Waals surface area (Å²) in [7, 11) is 0. The van der Waals surface area contributed by atoms with E-state index in [1.165, 1.54) is 0 Å². The second-order valence-corrected chi connectivity index (χ2v) is 6.56. The summed E-state index contributed by atoms with van der Waals surface area (Å²) in [5, 5.41) is 3.08. The van der Waals surface area contributed by atoms with Gasteiger partial charge in [0.2, 0.25) is 5.91 Å². The number of carbonyl (C=O) groups is 1. The molecule has 1 aliphatic heterocycles. The third-order valence-electron chi connectivity index (χ3n) is 3.95. The Kier molecular flexibility index (Phi) is 4.26. The Hall–Kier alpha value is -1.73. The Balaban J connectivity index is 1.65. The number of rotatable bonds is 4. The fraction of sp³-hybridized carbons (Fsp3) is 0.533. The summed E-state index contributed by atoms with van der Waals surface area (Å²) in [6.07, 6.45) is 1.85. The third kappa shape index (κ3) is 2.91. The highest BCUT2D eigenvalue weighted by Crippen LogP contribution is 2.25. The van der Waals surface area contributed by atoms with E-state index in [0.717, 1.165) is 35.3 Å². The van der Waals surface area contributed by atoms with Crippen LogP contribution >= 0.6 is 11.3 Å². The van der Waals surface area contributed by atoms with Crippen molar-refractivity contribution in [3.8, 4) is 0 Å². The lowest BCUT2D eigenvalue weighted by atomic mass is 10.2. The minimum absolute atomic E-state index is 0.0150. The van der Waals surface area contributed by atoms with Gasteiger partial charge in [0.15, 0.2) is 0 Å². The van der Waals surface area contributed by atoms with E-state index < -0.39 is 0 Å². The van der Waals surface area contributed by atoms with Crippen LogP contribution in [-0.2, 0) is 29.3 Å². The van der Waals surface area contributed by atoms with Crippen LogP contribution in [0, 0.1) is 6.92 Å². The number of aryl methyl sites for hydroxylation is 1. The molecule has 0 saturated heterocycles. The van der Waals surface area contributed by atoms with Gasteiger partial charge in [-0.15, -0.1) is 11.3 Å². The van der Waals surface area contributed by atoms with Gasteiger partial charge >= 0.3 is 0 Å². The molecule has 0 N–H and O–H groups in total. The van der Waals surface area contributed by atoms with Gasteiger partial charge < -0.3 is 14.2 Å². The number of hydrogen-bond donors (Lipinski definition) is 0. The third-order valence-corrected chi connectivity index (χ3v) is 4.77. The molecular formula is C15H20N4O2S. The Morgan fingerprint density at radius 2 is 2.27 bits per heavy atom. The summed E-state index contributed by atoms with van der Waals surface area (Å²) >= 11 is 1.63. The number of carbonyl (C=O) groups excluding carboxylic acids is 1. The molecule has 0 bridgehead atoms. The molecule has 2 aromatic heterocycles. The molecule has 0 fully saturated rings. The lowest BCUT2D eigenvalue weighted by Crippen LogP contribution is -2.40. The van der Waals surface area contributed by atoms with Gasteiger partial charge in [-0.05, 0) is 13.8 Å². The second kappa shape index (κ2) is 6.18. The van der Waals surface area contributed by atoms with E-state index in [9.17, 15) is 4.79 Å². The first-order valence-corrected chi connectivity index (χ1v) is 8.24. The van der Waals surface area contributed by atoms with E-state index in [1.807, 2.05) is 30.3 Å². The van der Waals surface area contributed by atoms with Crippen LogP contribution in [0.4, 0.5) is 0 Å². The van der Waals surface area contributed by atoms with Crippen LogP contribution in [0.15, 0.2) is 11.6 Å². The zero-order valence-electron chi connectivity index (χ0n) is 13.1. The molecular weight excluding hydrogens is 300 g/mol. The minimum Gasteiger partial charge on any atom is -0.369 e. The zero-order chi connectivity index (χ0) is 15.7. The fourth-order valence-electron chi connectivity index (χ4n) is 2.84. The maximum absolute atomic E-state index is 11.6. The average molecular weight is 320 g/mol. The number of imidazole rings is 1. The number of aromatic nitrogens is 3. The van der Waals surface area contributed by atoms with Crippen LogP contribution < -0.4 is 0 Å². The largest absolute Gasteiger partial charge is 0.369 e. The van der Waals surface area contributed by atoms with Crippen LogP contribution in [0.2, 0.25) is 0 Å². The Morgan fingerprint density at radius 3 is 2.95 bits per heavy atom. The second-order valence-electron chi connectivity index (χ2n) is 5.50. The number of hydrogen-bond acceptors (Lipinski definition) is 5. The molecule has 118 valence electrons. The van der Waals surface area contributed by atoms with Crippen molar-refractivity contribution in [3.05, 3.63) is 33.8 Å². The Morgan fingerprint density at radius 1 is 1.45 bits per heavy atom. The molecule has 1 atom stereocenters. The molecule has 1 aliphatic rings. The molecule has 2 aromatic rings. The van der Waals surface area contributed by atoms with Crippen molar-refractivity contribution in [2.24, 2.45) is 0 Å². The lowest BCUT2D eigenvalue weighted by molar-refractivity contribution is -0.132. The van der Waals surface area contributed by atoms with Crippen LogP contribution in [0.3, 0.4) is 0 Å². The monoisotopic (exact) mass is 320 g/mol. The molecule has 0 saturated carbocycles. The van der Waals surface area contributed by atoms with Gasteiger partial charge in [-0.1, -0.05) is 0 Å². The number of thiazole rings is 1. The molecule has 1 amide bonds. The van der Waals surface area contributed by atoms with E-state index in [0.29, 0.717) is 13.2 Å². The highest BCUT2D eigenvalue weighted by Gasteiger charge is 2.28. The van der Waals surface area contributed by atoms with Gasteiger partial charge in [0.05, 0.1) is 41.8 Å². The molecule has 7 heteroatoms. The normalized spacial score (nSPS) is 17.6. The topological polar surface area (TPSA) is 60.2 Å². The van der Waals surface area contributed by atoms with Crippen molar-refractivity contribution in [1.29, 1.82) is 0 Å². The summed E-state index contributed by atoms with van der Waals surface area (Å²) in [5.41, 5.74) is 2.02. The highest BCUT2D eigenvalue weighted by molar-refractivity contribution is 7.09. The van der Waals surface area contributed by atoms with Crippen molar-refractivity contribution < 1.29 is 9.53 Å². The molecule has 22 heavy (non-hydrogen) atoms. The zero-order valence-corrected chi connectivity index (χ0v) is 13.9. The number of fused-ring (bicyclic) bond motifs is 1. The maximum Gasteiger partial charge on any atom is 0.220 e. The predicted octanol–water partition coefficient (Wildman–Crippen LogP) is 2.29. The first-order chi connectivity index (χ1) is 10.6. The fourth-order valence-corrected chi connectivity index (χ4v) is 3.44. The molecule has 3 rings (SSSR count). The quantitative estimate of drug-likeness (QED) is 0.867. The Bertz CT molecular complexity index is 679. The summed E-state index contributed by atoms with van der Waals surface area (Å²) in [6.45, 7) is 8.13. The summed E-state index contributed by atoms with van der Waals surface area (Å²) < 4.78 is 7.92. The predicted molar refractivity (Wildman–Crippen MR) is 83.4 cm³/mol. The first-order valence-electron chi connectivity index (χ1n) is 7.36. The smallest absolute Gasteiger partial charge is 0.220 e. The van der Waals surface area contributed by atoms with E-state index in [4.69, 9.17) is 4.74 Å². The van der Waals surface area contributed by atoms with Gasteiger partial charge in [-0.3, -0.25) is 4.79 Å². The van der Waals surface area contributed by atoms with Crippen LogP contribution in [0.25, 0.3) is 0 Å². The van der Waals surface area contributed by atoms with E-state index in [-0.39, 0.29) is 11.9 Å². The van der Waals surface area contributed by atoms with Crippen LogP contribution in [-0.4, -0.2) is 31.9 Å². The Labute approximate surface area is 133 Å². The number of ether oxygens (including phenoxy) is 1. The summed E-state index contributed by atoms with van der Waals surface area (Å²) in [4.78, 5) is 22.3. The molecule has 3 heterocycles. The van der Waals surface area contributed by atoms with E-state index in [2.05, 4.69) is 14.5 Å². The minimum atomic E-state index is 0.0150. The molecule has 0 radical (unpaired) electrons. The maximum atomic E-state index is 11.6. The van der Waals surface area contributed by atoms with Crippen LogP contribution in [0.5, 0.6) is 0 Å². The average Bonchev–Trinajstić information content (AvgIpc) is 3.06. The number of nitrogens with zero attached hydrogens (tertiary/aromatic N) is 4. The lowest BCUT2D eigenvalue weighted by Gasteiger charge is -2.33. The first kappa shape index (κ1) is 15.2. The molecule has 0 aromatic carbocycles. The standard InChI is InChI=1S/C15H20N4O2S/c1-10-15-16-6-14(19(15)5-4-18(10)12(3)20)8-21-7-13-9-22-11(2)17-13/h6,9-10H,4-5,7-8H2,1-3H3/t10-/m0/s1. The van der Waals surface area contributed by atoms with Crippen molar-refractivity contribution in [3.63, 3.8) is 0 Å². The molecule has 0 aliphatic carbocycles. The van der Waals surface area contributed by atoms with Gasteiger partial charge in [0.25, 0.3) is 0 Å². The highest BCUT2D eigenvalue weighted by atomic mass is 32.1. The van der Waals surface area contributed by atoms with Gasteiger partial charge in [-0.2, -0.15) is 0 Å². The van der Waals surface area contributed by atoms with Gasteiger partial charge in [-0.25, -0.2) is 9.97 Å². The van der Waals surface area contributed by atoms with Crippen molar-refractivity contribution in [2.45, 2.75) is 46.6 Å². The van der Waals surface area contributed by atoms with Crippen molar-refractivity contribution in [1.82, 2.24) is 19.4 Å². The van der Waals surface area contributed by atoms with Crippen LogP contribution in [0.1, 0.15) is 42.1 Å². The summed E-state index contributed by atoms with van der Waals surface area (Å²) in [6, 6.07) is 0.0150. The number of amides is 1. The molecule has 0 spiro atoms.